The Labute approximate surface area is 248 Å². The Hall–Kier alpha value is -3.18. The van der Waals surface area contributed by atoms with E-state index in [-0.39, 0.29) is 43.2 Å². The number of benzene rings is 2. The van der Waals surface area contributed by atoms with E-state index in [1.54, 1.807) is 24.0 Å². The Bertz CT molecular complexity index is 1180. The molecule has 41 heavy (non-hydrogen) atoms. The van der Waals surface area contributed by atoms with Crippen molar-refractivity contribution < 1.29 is 29.0 Å². The molecule has 2 aromatic carbocycles. The molecule has 10 nitrogen and oxygen atoms in total. The molecular formula is C30H43ClN4O6. The molecular weight excluding hydrogens is 548 g/mol. The van der Waals surface area contributed by atoms with Crippen molar-refractivity contribution in [3.8, 4) is 0 Å². The number of nitrogens with one attached hydrogen (secondary N) is 2. The van der Waals surface area contributed by atoms with E-state index in [9.17, 15) is 19.5 Å². The van der Waals surface area contributed by atoms with Crippen LogP contribution in [0.15, 0.2) is 54.6 Å². The number of amides is 3. The molecule has 0 radical (unpaired) electrons. The number of aliphatic hydroxyl groups is 1. The van der Waals surface area contributed by atoms with Gasteiger partial charge in [-0.05, 0) is 42.4 Å². The molecule has 0 aromatic heterocycles. The van der Waals surface area contributed by atoms with Crippen molar-refractivity contribution in [2.75, 3.05) is 32.2 Å². The van der Waals surface area contributed by atoms with Crippen LogP contribution in [0.5, 0.6) is 0 Å². The summed E-state index contributed by atoms with van der Waals surface area (Å²) in [7, 11) is 2.77. The fraction of sp³-hybridized carbons (Fsp3) is 0.500. The quantitative estimate of drug-likeness (QED) is 0.315. The maximum Gasteiger partial charge on any atom is 0.407 e. The van der Waals surface area contributed by atoms with Crippen LogP contribution in [0.25, 0.3) is 0 Å². The second-order valence-electron chi connectivity index (χ2n) is 11.3. The molecule has 5 N–H and O–H groups in total. The van der Waals surface area contributed by atoms with Crippen LogP contribution >= 0.6 is 12.4 Å². The smallest absolute Gasteiger partial charge is 0.407 e. The van der Waals surface area contributed by atoms with Crippen LogP contribution in [0.3, 0.4) is 0 Å². The highest BCUT2D eigenvalue weighted by molar-refractivity contribution is 5.95. The summed E-state index contributed by atoms with van der Waals surface area (Å²) >= 11 is 0. The lowest BCUT2D eigenvalue weighted by Crippen LogP contribution is -2.51. The molecule has 3 rings (SSSR count). The van der Waals surface area contributed by atoms with Gasteiger partial charge in [0.2, 0.25) is 5.91 Å². The van der Waals surface area contributed by atoms with Gasteiger partial charge in [-0.15, -0.1) is 12.4 Å². The first-order chi connectivity index (χ1) is 18.9. The zero-order chi connectivity index (χ0) is 29.5. The van der Waals surface area contributed by atoms with E-state index in [0.717, 1.165) is 11.3 Å². The van der Waals surface area contributed by atoms with E-state index in [1.165, 1.54) is 14.2 Å². The molecule has 4 atom stereocenters. The van der Waals surface area contributed by atoms with E-state index >= 15 is 0 Å². The number of aliphatic hydroxyl groups excluding tert-OH is 1. The molecule has 0 fully saturated rings. The van der Waals surface area contributed by atoms with Crippen molar-refractivity contribution in [2.24, 2.45) is 11.1 Å². The summed E-state index contributed by atoms with van der Waals surface area (Å²) in [6, 6.07) is 15.8. The third-order valence-electron chi connectivity index (χ3n) is 7.51. The average Bonchev–Trinajstić information content (AvgIpc) is 2.94. The van der Waals surface area contributed by atoms with Crippen molar-refractivity contribution in [3.63, 3.8) is 0 Å². The summed E-state index contributed by atoms with van der Waals surface area (Å²) in [6.45, 7) is 5.78. The summed E-state index contributed by atoms with van der Waals surface area (Å²) in [4.78, 5) is 40.0. The number of ether oxygens (including phenoxy) is 2. The fourth-order valence-electron chi connectivity index (χ4n) is 5.12. The molecule has 0 spiro atoms. The number of hydrogen-bond acceptors (Lipinski definition) is 7. The first kappa shape index (κ1) is 34.0. The Morgan fingerprint density at radius 2 is 1.71 bits per heavy atom. The Morgan fingerprint density at radius 1 is 1.07 bits per heavy atom. The minimum Gasteiger partial charge on any atom is -0.453 e. The van der Waals surface area contributed by atoms with Crippen LogP contribution in [0.1, 0.15) is 44.7 Å². The van der Waals surface area contributed by atoms with Crippen molar-refractivity contribution >= 4 is 36.0 Å². The van der Waals surface area contributed by atoms with Gasteiger partial charge in [-0.1, -0.05) is 62.4 Å². The first-order valence-corrected chi connectivity index (χ1v) is 13.5. The largest absolute Gasteiger partial charge is 0.453 e. The number of alkyl carbamates (subject to hydrolysis) is 1. The summed E-state index contributed by atoms with van der Waals surface area (Å²) in [5.41, 5.74) is 7.04. The Kier molecular flexibility index (Phi) is 12.1. The lowest BCUT2D eigenvalue weighted by Gasteiger charge is -2.37. The molecule has 1 aliphatic rings. The zero-order valence-electron chi connectivity index (χ0n) is 24.4. The zero-order valence-corrected chi connectivity index (χ0v) is 25.2. The first-order valence-electron chi connectivity index (χ1n) is 13.5. The number of nitrogens with zero attached hydrogens (tertiary/aromatic N) is 1. The SMILES string of the molecule is COC(=O)NC1Cc2ccccc2N(C(=O)CC(C)(C)C[C@H](N)[C@@H](O)CNC(=O)[C@](C)(OC)c2ccccc2)C1.Cl. The average molecular weight is 591 g/mol. The number of fused-ring (bicyclic) bond motifs is 1. The monoisotopic (exact) mass is 590 g/mol. The second kappa shape index (κ2) is 14.6. The van der Waals surface area contributed by atoms with Crippen molar-refractivity contribution in [1.82, 2.24) is 10.6 Å². The van der Waals surface area contributed by atoms with Crippen molar-refractivity contribution in [1.29, 1.82) is 0 Å². The van der Waals surface area contributed by atoms with E-state index in [1.807, 2.05) is 56.3 Å². The van der Waals surface area contributed by atoms with E-state index in [0.29, 0.717) is 24.9 Å². The van der Waals surface area contributed by atoms with Crippen LogP contribution in [0.4, 0.5) is 10.5 Å². The van der Waals surface area contributed by atoms with Gasteiger partial charge in [-0.25, -0.2) is 4.79 Å². The summed E-state index contributed by atoms with van der Waals surface area (Å²) < 4.78 is 10.3. The maximum absolute atomic E-state index is 13.5. The highest BCUT2D eigenvalue weighted by atomic mass is 35.5. The van der Waals surface area contributed by atoms with Crippen LogP contribution in [-0.2, 0) is 31.1 Å². The second-order valence-corrected chi connectivity index (χ2v) is 11.3. The normalized spacial score (nSPS) is 17.6. The number of methoxy groups -OCH3 is 2. The van der Waals surface area contributed by atoms with Crippen molar-refractivity contribution in [3.05, 3.63) is 65.7 Å². The van der Waals surface area contributed by atoms with Gasteiger partial charge in [0.1, 0.15) is 0 Å². The number of anilines is 1. The third-order valence-corrected chi connectivity index (χ3v) is 7.51. The molecule has 3 amide bonds. The van der Waals surface area contributed by atoms with E-state index < -0.39 is 29.3 Å². The molecule has 226 valence electrons. The molecule has 1 aliphatic heterocycles. The summed E-state index contributed by atoms with van der Waals surface area (Å²) in [6.07, 6.45) is -0.462. The lowest BCUT2D eigenvalue weighted by atomic mass is 9.80. The predicted molar refractivity (Wildman–Crippen MR) is 160 cm³/mol. The maximum atomic E-state index is 13.5. The third kappa shape index (κ3) is 8.65. The number of carbonyl (C=O) groups is 3. The Balaban J connectivity index is 0.00000588. The summed E-state index contributed by atoms with van der Waals surface area (Å²) in [5, 5.41) is 16.3. The standard InChI is InChI=1S/C30H42N4O6.ClH/c1-29(2,16-23(31)25(35)18-32-27(37)30(3,40-5)21-12-7-6-8-13-21)17-26(36)34-19-22(33-28(38)39-4)15-20-11-9-10-14-24(20)34;/h6-14,22-23,25,35H,15-19,31H2,1-5H3,(H,32,37)(H,33,38);1H/t22?,23-,25-,30+;/m0./s1. The number of hydrogen-bond donors (Lipinski definition) is 4. The van der Waals surface area contributed by atoms with Crippen molar-refractivity contribution in [2.45, 2.75) is 63.8 Å². The number of nitrogens with two attached hydrogens (primary N) is 1. The van der Waals surface area contributed by atoms with E-state index in [2.05, 4.69) is 10.6 Å². The van der Waals surface area contributed by atoms with E-state index in [4.69, 9.17) is 15.2 Å². The molecule has 0 bridgehead atoms. The van der Waals surface area contributed by atoms with Crippen LogP contribution in [0, 0.1) is 5.41 Å². The lowest BCUT2D eigenvalue weighted by molar-refractivity contribution is -0.143. The minimum absolute atomic E-state index is 0. The number of halogens is 1. The fourth-order valence-corrected chi connectivity index (χ4v) is 5.12. The van der Waals surface area contributed by atoms with Gasteiger partial charge in [-0.2, -0.15) is 0 Å². The van der Waals surface area contributed by atoms with Crippen LogP contribution in [0.2, 0.25) is 0 Å². The van der Waals surface area contributed by atoms with Gasteiger partial charge in [0.15, 0.2) is 5.60 Å². The minimum atomic E-state index is -1.22. The van der Waals surface area contributed by atoms with Gasteiger partial charge in [0, 0.05) is 38.3 Å². The van der Waals surface area contributed by atoms with Crippen LogP contribution in [-0.4, -0.2) is 68.5 Å². The highest BCUT2D eigenvalue weighted by Gasteiger charge is 2.37. The molecule has 0 saturated carbocycles. The molecule has 1 unspecified atom stereocenters. The molecule has 11 heteroatoms. The number of para-hydroxylation sites is 1. The van der Waals surface area contributed by atoms with Gasteiger partial charge < -0.3 is 35.8 Å². The topological polar surface area (TPSA) is 143 Å². The van der Waals surface area contributed by atoms with Gasteiger partial charge in [-0.3, -0.25) is 9.59 Å². The molecule has 1 heterocycles. The number of rotatable bonds is 11. The van der Waals surface area contributed by atoms with Gasteiger partial charge in [0.05, 0.1) is 19.3 Å². The molecule has 2 aromatic rings. The van der Waals surface area contributed by atoms with Crippen LogP contribution < -0.4 is 21.3 Å². The highest BCUT2D eigenvalue weighted by Crippen LogP contribution is 2.33. The van der Waals surface area contributed by atoms with Gasteiger partial charge >= 0.3 is 6.09 Å². The molecule has 0 aliphatic carbocycles. The van der Waals surface area contributed by atoms with Gasteiger partial charge in [0.25, 0.3) is 5.91 Å². The predicted octanol–water partition coefficient (Wildman–Crippen LogP) is 2.89. The Morgan fingerprint density at radius 3 is 2.34 bits per heavy atom. The summed E-state index contributed by atoms with van der Waals surface area (Å²) in [5.74, 6) is -0.497. The number of carbonyl (C=O) groups excluding carboxylic acids is 3. The molecule has 0 saturated heterocycles.